The molecule has 0 bridgehead atoms. The van der Waals surface area contributed by atoms with Gasteiger partial charge in [0.05, 0.1) is 10.6 Å². The van der Waals surface area contributed by atoms with Crippen LogP contribution in [0.1, 0.15) is 10.4 Å². The fourth-order valence-corrected chi connectivity index (χ4v) is 5.12. The number of hydrogen-bond donors (Lipinski definition) is 3. The topological polar surface area (TPSA) is 53.2 Å². The zero-order chi connectivity index (χ0) is 19.6. The first-order chi connectivity index (χ1) is 14.3. The predicted molar refractivity (Wildman–Crippen MR) is 124 cm³/mol. The maximum Gasteiger partial charge on any atom is 0.256 e. The lowest BCUT2D eigenvalue weighted by atomic mass is 10.1. The van der Waals surface area contributed by atoms with Crippen LogP contribution >= 0.6 is 23.9 Å². The summed E-state index contributed by atoms with van der Waals surface area (Å²) in [6.45, 7) is 0. The number of amides is 1. The van der Waals surface area contributed by atoms with Gasteiger partial charge >= 0.3 is 0 Å². The number of para-hydroxylation sites is 2. The van der Waals surface area contributed by atoms with E-state index in [2.05, 4.69) is 20.8 Å². The van der Waals surface area contributed by atoms with Gasteiger partial charge in [0.2, 0.25) is 0 Å². The van der Waals surface area contributed by atoms with Gasteiger partial charge in [-0.1, -0.05) is 48.5 Å². The second kappa shape index (κ2) is 7.73. The second-order valence-electron chi connectivity index (χ2n) is 6.57. The SMILES string of the molecule is O=C1Nc2cc(SNc3ccccc3)c(SNc3ccccc3)c3cccc1c23. The lowest BCUT2D eigenvalue weighted by Gasteiger charge is -2.15. The number of anilines is 3. The number of rotatable bonds is 6. The Morgan fingerprint density at radius 1 is 0.724 bits per heavy atom. The zero-order valence-electron chi connectivity index (χ0n) is 15.3. The number of nitrogens with one attached hydrogen (secondary N) is 3. The fraction of sp³-hybridized carbons (Fsp3) is 0. The van der Waals surface area contributed by atoms with Crippen molar-refractivity contribution in [1.29, 1.82) is 0 Å². The van der Waals surface area contributed by atoms with Crippen LogP contribution in [0.25, 0.3) is 10.8 Å². The molecule has 4 aromatic carbocycles. The molecule has 0 aliphatic carbocycles. The highest BCUT2D eigenvalue weighted by molar-refractivity contribution is 8.03. The number of hydrogen-bond acceptors (Lipinski definition) is 5. The van der Waals surface area contributed by atoms with Crippen LogP contribution in [-0.2, 0) is 0 Å². The number of carbonyl (C=O) groups excluding carboxylic acids is 1. The lowest BCUT2D eigenvalue weighted by Crippen LogP contribution is -2.03. The van der Waals surface area contributed by atoms with Crippen molar-refractivity contribution in [2.75, 3.05) is 14.8 Å². The van der Waals surface area contributed by atoms with Crippen LogP contribution in [0, 0.1) is 0 Å². The summed E-state index contributed by atoms with van der Waals surface area (Å²) in [5, 5.41) is 5.05. The Kier molecular flexibility index (Phi) is 4.79. The van der Waals surface area contributed by atoms with Crippen molar-refractivity contribution in [1.82, 2.24) is 0 Å². The molecule has 142 valence electrons. The molecule has 29 heavy (non-hydrogen) atoms. The quantitative estimate of drug-likeness (QED) is 0.308. The first-order valence-electron chi connectivity index (χ1n) is 9.16. The first kappa shape index (κ1) is 18.0. The minimum atomic E-state index is -0.0456. The monoisotopic (exact) mass is 415 g/mol. The zero-order valence-corrected chi connectivity index (χ0v) is 16.9. The van der Waals surface area contributed by atoms with Crippen molar-refractivity contribution in [2.45, 2.75) is 9.79 Å². The van der Waals surface area contributed by atoms with Crippen molar-refractivity contribution < 1.29 is 4.79 Å². The van der Waals surface area contributed by atoms with E-state index in [9.17, 15) is 4.79 Å². The highest BCUT2D eigenvalue weighted by Crippen LogP contribution is 2.44. The first-order valence-corrected chi connectivity index (χ1v) is 10.8. The Labute approximate surface area is 177 Å². The van der Waals surface area contributed by atoms with Gasteiger partial charge in [0.1, 0.15) is 0 Å². The van der Waals surface area contributed by atoms with E-state index < -0.39 is 0 Å². The highest BCUT2D eigenvalue weighted by atomic mass is 32.2. The number of carbonyl (C=O) groups is 1. The van der Waals surface area contributed by atoms with Crippen molar-refractivity contribution in [3.63, 3.8) is 0 Å². The van der Waals surface area contributed by atoms with Crippen LogP contribution in [-0.4, -0.2) is 5.91 Å². The minimum Gasteiger partial charge on any atom is -0.326 e. The lowest BCUT2D eigenvalue weighted by molar-refractivity contribution is 0.103. The second-order valence-corrected chi connectivity index (χ2v) is 8.24. The Bertz CT molecular complexity index is 1200. The Morgan fingerprint density at radius 3 is 2.07 bits per heavy atom. The molecule has 1 heterocycles. The van der Waals surface area contributed by atoms with Gasteiger partial charge in [-0.3, -0.25) is 4.79 Å². The smallest absolute Gasteiger partial charge is 0.256 e. The Balaban J connectivity index is 1.55. The van der Waals surface area contributed by atoms with Gasteiger partial charge < -0.3 is 14.8 Å². The van der Waals surface area contributed by atoms with E-state index in [-0.39, 0.29) is 5.91 Å². The van der Waals surface area contributed by atoms with Crippen molar-refractivity contribution in [3.05, 3.63) is 90.5 Å². The average molecular weight is 416 g/mol. The maximum atomic E-state index is 12.4. The minimum absolute atomic E-state index is 0.0456. The van der Waals surface area contributed by atoms with Crippen molar-refractivity contribution in [2.24, 2.45) is 0 Å². The molecule has 4 nitrogen and oxygen atoms in total. The van der Waals surface area contributed by atoms with Crippen LogP contribution in [0.15, 0.2) is 94.7 Å². The molecule has 0 spiro atoms. The van der Waals surface area contributed by atoms with Crippen LogP contribution in [0.5, 0.6) is 0 Å². The molecule has 0 saturated heterocycles. The van der Waals surface area contributed by atoms with E-state index in [1.54, 1.807) is 23.9 Å². The van der Waals surface area contributed by atoms with Gasteiger partial charge in [0, 0.05) is 32.6 Å². The van der Waals surface area contributed by atoms with E-state index in [1.807, 2.05) is 78.9 Å². The summed E-state index contributed by atoms with van der Waals surface area (Å²) >= 11 is 3.10. The van der Waals surface area contributed by atoms with E-state index in [0.717, 1.165) is 43.2 Å². The molecule has 1 amide bonds. The third kappa shape index (κ3) is 3.52. The van der Waals surface area contributed by atoms with Crippen LogP contribution in [0.4, 0.5) is 17.1 Å². The third-order valence-corrected chi connectivity index (χ3v) is 6.66. The van der Waals surface area contributed by atoms with E-state index >= 15 is 0 Å². The molecule has 4 aromatic rings. The van der Waals surface area contributed by atoms with Gasteiger partial charge in [-0.05, 0) is 60.3 Å². The van der Waals surface area contributed by atoms with E-state index in [1.165, 1.54) is 0 Å². The van der Waals surface area contributed by atoms with E-state index in [4.69, 9.17) is 0 Å². The van der Waals surface area contributed by atoms with Gasteiger partial charge in [-0.2, -0.15) is 0 Å². The molecule has 1 aliphatic heterocycles. The molecular weight excluding hydrogens is 398 g/mol. The van der Waals surface area contributed by atoms with Crippen LogP contribution < -0.4 is 14.8 Å². The van der Waals surface area contributed by atoms with Gasteiger partial charge in [0.15, 0.2) is 0 Å². The molecule has 0 radical (unpaired) electrons. The molecule has 5 rings (SSSR count). The molecule has 0 saturated carbocycles. The Hall–Kier alpha value is -3.09. The van der Waals surface area contributed by atoms with Gasteiger partial charge in [0.25, 0.3) is 5.91 Å². The van der Waals surface area contributed by atoms with Crippen molar-refractivity contribution >= 4 is 57.6 Å². The summed E-state index contributed by atoms with van der Waals surface area (Å²) in [6.07, 6.45) is 0. The standard InChI is InChI=1S/C23H17N3OS2/c27-23-18-13-7-12-17-21(18)19(24-23)14-20(28-25-15-8-3-1-4-9-15)22(17)29-26-16-10-5-2-6-11-16/h1-14,25-26H,(H,24,27). The summed E-state index contributed by atoms with van der Waals surface area (Å²) < 4.78 is 6.84. The summed E-state index contributed by atoms with van der Waals surface area (Å²) in [4.78, 5) is 14.5. The third-order valence-electron chi connectivity index (χ3n) is 4.67. The highest BCUT2D eigenvalue weighted by Gasteiger charge is 2.25. The molecular formula is C23H17N3OS2. The average Bonchev–Trinajstić information content (AvgIpc) is 3.10. The molecule has 3 N–H and O–H groups in total. The van der Waals surface area contributed by atoms with Gasteiger partial charge in [-0.15, -0.1) is 0 Å². The normalized spacial score (nSPS) is 12.1. The summed E-state index contributed by atoms with van der Waals surface area (Å²) in [6, 6.07) is 28.1. The maximum absolute atomic E-state index is 12.4. The van der Waals surface area contributed by atoms with Crippen LogP contribution in [0.2, 0.25) is 0 Å². The molecule has 0 aromatic heterocycles. The van der Waals surface area contributed by atoms with Gasteiger partial charge in [-0.25, -0.2) is 0 Å². The molecule has 1 aliphatic rings. The summed E-state index contributed by atoms with van der Waals surface area (Å²) in [7, 11) is 0. The summed E-state index contributed by atoms with van der Waals surface area (Å²) in [5.74, 6) is -0.0456. The predicted octanol–water partition coefficient (Wildman–Crippen LogP) is 6.64. The van der Waals surface area contributed by atoms with Crippen LogP contribution in [0.3, 0.4) is 0 Å². The molecule has 0 fully saturated rings. The van der Waals surface area contributed by atoms with Crippen molar-refractivity contribution in [3.8, 4) is 0 Å². The fourth-order valence-electron chi connectivity index (χ4n) is 3.33. The van der Waals surface area contributed by atoms with E-state index in [0.29, 0.717) is 0 Å². The Morgan fingerprint density at radius 2 is 1.38 bits per heavy atom. The molecule has 0 atom stereocenters. The summed E-state index contributed by atoms with van der Waals surface area (Å²) in [5.41, 5.74) is 3.65. The molecule has 6 heteroatoms. The largest absolute Gasteiger partial charge is 0.326 e. The number of benzene rings is 4. The molecule has 0 unspecified atom stereocenters.